The zero-order valence-corrected chi connectivity index (χ0v) is 11.9. The molecule has 0 saturated carbocycles. The number of hydrogen-bond acceptors (Lipinski definition) is 3. The number of nitrogens with zero attached hydrogens (tertiary/aromatic N) is 1. The van der Waals surface area contributed by atoms with E-state index >= 15 is 0 Å². The van der Waals surface area contributed by atoms with Gasteiger partial charge in [-0.15, -0.1) is 13.2 Å². The van der Waals surface area contributed by atoms with Gasteiger partial charge in [-0.25, -0.2) is 4.98 Å². The van der Waals surface area contributed by atoms with E-state index in [-0.39, 0.29) is 11.4 Å². The number of aromatic nitrogens is 1. The molecule has 0 amide bonds. The molecule has 0 aliphatic carbocycles. The maximum atomic E-state index is 12.3. The Balaban J connectivity index is 2.29. The highest BCUT2D eigenvalue weighted by molar-refractivity contribution is 9.10. The summed E-state index contributed by atoms with van der Waals surface area (Å²) in [6.07, 6.45) is -3.18. The minimum Gasteiger partial charge on any atom is -0.404 e. The Labute approximate surface area is 121 Å². The van der Waals surface area contributed by atoms with Crippen LogP contribution >= 0.6 is 15.9 Å². The molecular weight excluding hydrogens is 337 g/mol. The molecule has 20 heavy (non-hydrogen) atoms. The van der Waals surface area contributed by atoms with Gasteiger partial charge in [0.2, 0.25) is 0 Å². The normalized spacial score (nSPS) is 11.2. The summed E-state index contributed by atoms with van der Waals surface area (Å²) in [5, 5.41) is 2.83. The zero-order chi connectivity index (χ0) is 14.8. The second kappa shape index (κ2) is 5.70. The SMILES string of the molecule is Cc1cc(Br)cnc1Nc1ccccc1OC(F)(F)F. The average Bonchev–Trinajstić information content (AvgIpc) is 2.33. The standard InChI is InChI=1S/C13H10BrF3N2O/c1-8-6-9(14)7-18-12(8)19-10-4-2-3-5-11(10)20-13(15,16)17/h2-7H,1H3,(H,18,19). The van der Waals surface area contributed by atoms with Crippen LogP contribution in [-0.2, 0) is 0 Å². The minimum atomic E-state index is -4.74. The molecule has 0 aliphatic heterocycles. The van der Waals surface area contributed by atoms with Crippen molar-refractivity contribution in [2.45, 2.75) is 13.3 Å². The fraction of sp³-hybridized carbons (Fsp3) is 0.154. The van der Waals surface area contributed by atoms with Crippen molar-refractivity contribution in [1.29, 1.82) is 0 Å². The Morgan fingerprint density at radius 3 is 2.60 bits per heavy atom. The molecule has 0 spiro atoms. The van der Waals surface area contributed by atoms with Gasteiger partial charge in [-0.2, -0.15) is 0 Å². The van der Waals surface area contributed by atoms with Crippen molar-refractivity contribution in [3.8, 4) is 5.75 Å². The van der Waals surface area contributed by atoms with Crippen LogP contribution < -0.4 is 10.1 Å². The molecule has 0 radical (unpaired) electrons. The van der Waals surface area contributed by atoms with Crippen LogP contribution in [0.4, 0.5) is 24.7 Å². The first-order valence-electron chi connectivity index (χ1n) is 5.59. The van der Waals surface area contributed by atoms with Crippen LogP contribution in [0.2, 0.25) is 0 Å². The van der Waals surface area contributed by atoms with Crippen LogP contribution in [0.5, 0.6) is 5.75 Å². The van der Waals surface area contributed by atoms with Crippen molar-refractivity contribution < 1.29 is 17.9 Å². The molecule has 1 N–H and O–H groups in total. The average molecular weight is 347 g/mol. The summed E-state index contributed by atoms with van der Waals surface area (Å²) in [4.78, 5) is 4.12. The van der Waals surface area contributed by atoms with Gasteiger partial charge >= 0.3 is 6.36 Å². The van der Waals surface area contributed by atoms with Gasteiger partial charge in [0.15, 0.2) is 5.75 Å². The number of anilines is 2. The highest BCUT2D eigenvalue weighted by atomic mass is 79.9. The maximum Gasteiger partial charge on any atom is 0.573 e. The third-order valence-corrected chi connectivity index (χ3v) is 2.84. The molecule has 106 valence electrons. The summed E-state index contributed by atoms with van der Waals surface area (Å²) in [6, 6.07) is 7.62. The lowest BCUT2D eigenvalue weighted by molar-refractivity contribution is -0.274. The fourth-order valence-electron chi connectivity index (χ4n) is 1.58. The Morgan fingerprint density at radius 1 is 1.25 bits per heavy atom. The predicted molar refractivity (Wildman–Crippen MR) is 73.1 cm³/mol. The quantitative estimate of drug-likeness (QED) is 0.867. The van der Waals surface area contributed by atoms with Gasteiger partial charge in [-0.05, 0) is 46.6 Å². The lowest BCUT2D eigenvalue weighted by Gasteiger charge is -2.15. The lowest BCUT2D eigenvalue weighted by atomic mass is 10.2. The fourth-order valence-corrected chi connectivity index (χ4v) is 2.03. The number of pyridine rings is 1. The summed E-state index contributed by atoms with van der Waals surface area (Å²) in [5.74, 6) is 0.163. The van der Waals surface area contributed by atoms with E-state index in [9.17, 15) is 13.2 Å². The van der Waals surface area contributed by atoms with Gasteiger partial charge in [0, 0.05) is 10.7 Å². The van der Waals surface area contributed by atoms with Crippen LogP contribution in [0.25, 0.3) is 0 Å². The number of rotatable bonds is 3. The van der Waals surface area contributed by atoms with Crippen molar-refractivity contribution in [2.75, 3.05) is 5.32 Å². The highest BCUT2D eigenvalue weighted by Gasteiger charge is 2.32. The third-order valence-electron chi connectivity index (χ3n) is 2.41. The molecule has 2 rings (SSSR count). The van der Waals surface area contributed by atoms with Crippen molar-refractivity contribution in [3.63, 3.8) is 0 Å². The first kappa shape index (κ1) is 14.6. The van der Waals surface area contributed by atoms with Gasteiger partial charge in [0.05, 0.1) is 5.69 Å². The molecule has 0 fully saturated rings. The van der Waals surface area contributed by atoms with E-state index in [1.54, 1.807) is 19.2 Å². The Bertz CT molecular complexity index is 617. The van der Waals surface area contributed by atoms with E-state index < -0.39 is 6.36 Å². The largest absolute Gasteiger partial charge is 0.573 e. The van der Waals surface area contributed by atoms with E-state index in [4.69, 9.17) is 0 Å². The zero-order valence-electron chi connectivity index (χ0n) is 10.3. The predicted octanol–water partition coefficient (Wildman–Crippen LogP) is 4.79. The molecular formula is C13H10BrF3N2O. The molecule has 0 saturated heterocycles. The molecule has 1 aromatic carbocycles. The van der Waals surface area contributed by atoms with Crippen molar-refractivity contribution in [1.82, 2.24) is 4.98 Å². The topological polar surface area (TPSA) is 34.2 Å². The van der Waals surface area contributed by atoms with Gasteiger partial charge in [0.1, 0.15) is 5.82 Å². The summed E-state index contributed by atoms with van der Waals surface area (Å²) in [5.41, 5.74) is 0.990. The number of benzene rings is 1. The van der Waals surface area contributed by atoms with Crippen molar-refractivity contribution in [3.05, 3.63) is 46.6 Å². The van der Waals surface area contributed by atoms with Gasteiger partial charge in [0.25, 0.3) is 0 Å². The molecule has 0 atom stereocenters. The molecule has 3 nitrogen and oxygen atoms in total. The van der Waals surface area contributed by atoms with Gasteiger partial charge < -0.3 is 10.1 Å². The van der Waals surface area contributed by atoms with Crippen LogP contribution in [0.1, 0.15) is 5.56 Å². The Kier molecular flexibility index (Phi) is 4.17. The maximum absolute atomic E-state index is 12.3. The Hall–Kier alpha value is -1.76. The molecule has 7 heteroatoms. The van der Waals surface area contributed by atoms with Crippen molar-refractivity contribution >= 4 is 27.4 Å². The number of para-hydroxylation sites is 2. The summed E-state index contributed by atoms with van der Waals surface area (Å²) >= 11 is 3.27. The van der Waals surface area contributed by atoms with Crippen LogP contribution in [-0.4, -0.2) is 11.3 Å². The second-order valence-electron chi connectivity index (χ2n) is 3.99. The smallest absolute Gasteiger partial charge is 0.404 e. The number of alkyl halides is 3. The van der Waals surface area contributed by atoms with E-state index in [2.05, 4.69) is 31.0 Å². The highest BCUT2D eigenvalue weighted by Crippen LogP contribution is 2.32. The number of aryl methyl sites for hydroxylation is 1. The first-order valence-corrected chi connectivity index (χ1v) is 6.38. The van der Waals surface area contributed by atoms with E-state index in [1.807, 2.05) is 6.07 Å². The van der Waals surface area contributed by atoms with E-state index in [0.29, 0.717) is 5.82 Å². The number of halogens is 4. The first-order chi connectivity index (χ1) is 9.35. The summed E-state index contributed by atoms with van der Waals surface area (Å²) in [6.45, 7) is 1.80. The summed E-state index contributed by atoms with van der Waals surface area (Å²) in [7, 11) is 0. The van der Waals surface area contributed by atoms with E-state index in [0.717, 1.165) is 10.0 Å². The number of ether oxygens (including phenoxy) is 1. The minimum absolute atomic E-state index is 0.197. The summed E-state index contributed by atoms with van der Waals surface area (Å²) < 4.78 is 41.7. The van der Waals surface area contributed by atoms with Crippen LogP contribution in [0, 0.1) is 6.92 Å². The monoisotopic (exact) mass is 346 g/mol. The molecule has 1 aromatic heterocycles. The Morgan fingerprint density at radius 2 is 1.95 bits per heavy atom. The molecule has 0 bridgehead atoms. The van der Waals surface area contributed by atoms with Crippen molar-refractivity contribution in [2.24, 2.45) is 0 Å². The van der Waals surface area contributed by atoms with E-state index in [1.165, 1.54) is 18.2 Å². The molecule has 0 unspecified atom stereocenters. The number of nitrogens with one attached hydrogen (secondary N) is 1. The van der Waals surface area contributed by atoms with Gasteiger partial charge in [-0.1, -0.05) is 12.1 Å². The van der Waals surface area contributed by atoms with Gasteiger partial charge in [-0.3, -0.25) is 0 Å². The van der Waals surface area contributed by atoms with Crippen LogP contribution in [0.15, 0.2) is 41.0 Å². The molecule has 2 aromatic rings. The molecule has 1 heterocycles. The molecule has 0 aliphatic rings. The number of hydrogen-bond donors (Lipinski definition) is 1. The second-order valence-corrected chi connectivity index (χ2v) is 4.90. The lowest BCUT2D eigenvalue weighted by Crippen LogP contribution is -2.18. The third kappa shape index (κ3) is 3.86. The van der Waals surface area contributed by atoms with Crippen LogP contribution in [0.3, 0.4) is 0 Å².